The first-order valence-electron chi connectivity index (χ1n) is 4.95. The molecule has 0 radical (unpaired) electrons. The van der Waals surface area contributed by atoms with Crippen LogP contribution >= 0.6 is 23.2 Å². The molecule has 2 rings (SSSR count). The Morgan fingerprint density at radius 3 is 2.67 bits per heavy atom. The van der Waals surface area contributed by atoms with Gasteiger partial charge in [0, 0.05) is 6.20 Å². The molecule has 1 N–H and O–H groups in total. The molecule has 18 heavy (non-hydrogen) atoms. The number of nitrogens with one attached hydrogen (secondary N) is 1. The summed E-state index contributed by atoms with van der Waals surface area (Å²) in [5.41, 5.74) is 0.293. The molecule has 0 bridgehead atoms. The van der Waals surface area contributed by atoms with E-state index in [0.29, 0.717) is 0 Å². The van der Waals surface area contributed by atoms with Crippen molar-refractivity contribution in [3.05, 3.63) is 58.1 Å². The van der Waals surface area contributed by atoms with Crippen LogP contribution in [0.4, 0.5) is 10.1 Å². The molecule has 6 heteroatoms. The number of pyridine rings is 1. The number of carbonyl (C=O) groups excluding carboxylic acids is 1. The van der Waals surface area contributed by atoms with E-state index in [2.05, 4.69) is 10.3 Å². The second kappa shape index (κ2) is 5.33. The smallest absolute Gasteiger partial charge is 0.257 e. The van der Waals surface area contributed by atoms with Gasteiger partial charge in [-0.15, -0.1) is 0 Å². The van der Waals surface area contributed by atoms with E-state index in [9.17, 15) is 9.18 Å². The fourth-order valence-electron chi connectivity index (χ4n) is 1.30. The van der Waals surface area contributed by atoms with Crippen molar-refractivity contribution in [1.82, 2.24) is 4.98 Å². The van der Waals surface area contributed by atoms with E-state index in [1.807, 2.05) is 0 Å². The molecule has 0 aliphatic heterocycles. The highest BCUT2D eigenvalue weighted by Crippen LogP contribution is 2.22. The largest absolute Gasteiger partial charge is 0.319 e. The van der Waals surface area contributed by atoms with Crippen molar-refractivity contribution in [2.24, 2.45) is 0 Å². The van der Waals surface area contributed by atoms with E-state index in [1.54, 1.807) is 6.07 Å². The van der Waals surface area contributed by atoms with Crippen LogP contribution in [-0.4, -0.2) is 10.9 Å². The first-order chi connectivity index (χ1) is 8.58. The third kappa shape index (κ3) is 2.78. The Morgan fingerprint density at radius 1 is 1.22 bits per heavy atom. The lowest BCUT2D eigenvalue weighted by Crippen LogP contribution is -2.13. The zero-order valence-electron chi connectivity index (χ0n) is 8.95. The number of anilines is 1. The van der Waals surface area contributed by atoms with E-state index >= 15 is 0 Å². The molecule has 3 nitrogen and oxygen atoms in total. The van der Waals surface area contributed by atoms with Crippen LogP contribution in [0.3, 0.4) is 0 Å². The summed E-state index contributed by atoms with van der Waals surface area (Å²) in [6.45, 7) is 0. The molecular weight excluding hydrogens is 278 g/mol. The molecule has 1 heterocycles. The van der Waals surface area contributed by atoms with Gasteiger partial charge in [0.1, 0.15) is 5.15 Å². The van der Waals surface area contributed by atoms with Gasteiger partial charge in [-0.2, -0.15) is 0 Å². The molecule has 1 amide bonds. The third-order valence-electron chi connectivity index (χ3n) is 2.19. The van der Waals surface area contributed by atoms with Gasteiger partial charge < -0.3 is 5.32 Å². The summed E-state index contributed by atoms with van der Waals surface area (Å²) in [4.78, 5) is 15.6. The van der Waals surface area contributed by atoms with Crippen LogP contribution in [0.5, 0.6) is 0 Å². The zero-order chi connectivity index (χ0) is 13.1. The van der Waals surface area contributed by atoms with Crippen molar-refractivity contribution in [3.63, 3.8) is 0 Å². The van der Waals surface area contributed by atoms with Gasteiger partial charge in [-0.1, -0.05) is 29.3 Å². The molecule has 0 aliphatic carbocycles. The lowest BCUT2D eigenvalue weighted by Gasteiger charge is -2.06. The van der Waals surface area contributed by atoms with E-state index in [4.69, 9.17) is 23.2 Å². The van der Waals surface area contributed by atoms with E-state index in [1.165, 1.54) is 30.5 Å². The van der Waals surface area contributed by atoms with E-state index in [-0.39, 0.29) is 21.4 Å². The summed E-state index contributed by atoms with van der Waals surface area (Å²) in [6.07, 6.45) is 1.31. The highest BCUT2D eigenvalue weighted by Gasteiger charge is 2.11. The Hall–Kier alpha value is -1.65. The molecule has 0 saturated carbocycles. The van der Waals surface area contributed by atoms with Gasteiger partial charge in [-0.25, -0.2) is 9.37 Å². The lowest BCUT2D eigenvalue weighted by molar-refractivity contribution is 0.102. The topological polar surface area (TPSA) is 42.0 Å². The normalized spacial score (nSPS) is 10.2. The highest BCUT2D eigenvalue weighted by molar-refractivity contribution is 6.31. The Kier molecular flexibility index (Phi) is 3.79. The summed E-state index contributed by atoms with van der Waals surface area (Å²) < 4.78 is 13.6. The van der Waals surface area contributed by atoms with Crippen LogP contribution in [0.15, 0.2) is 36.5 Å². The molecule has 0 fully saturated rings. The van der Waals surface area contributed by atoms with Gasteiger partial charge >= 0.3 is 0 Å². The Balaban J connectivity index is 2.21. The van der Waals surface area contributed by atoms with Gasteiger partial charge in [-0.3, -0.25) is 4.79 Å². The monoisotopic (exact) mass is 284 g/mol. The van der Waals surface area contributed by atoms with Crippen molar-refractivity contribution in [1.29, 1.82) is 0 Å². The van der Waals surface area contributed by atoms with Gasteiger partial charge in [0.15, 0.2) is 5.82 Å². The molecule has 1 aromatic heterocycles. The van der Waals surface area contributed by atoms with Gasteiger partial charge in [0.25, 0.3) is 5.91 Å². The second-order valence-electron chi connectivity index (χ2n) is 3.43. The van der Waals surface area contributed by atoms with Crippen LogP contribution in [0.2, 0.25) is 10.2 Å². The van der Waals surface area contributed by atoms with E-state index in [0.717, 1.165) is 0 Å². The average Bonchev–Trinajstić information content (AvgIpc) is 2.36. The summed E-state index contributed by atoms with van der Waals surface area (Å²) in [7, 11) is 0. The quantitative estimate of drug-likeness (QED) is 0.853. The molecule has 2 aromatic rings. The minimum absolute atomic E-state index is 0.0162. The van der Waals surface area contributed by atoms with Crippen molar-refractivity contribution in [2.45, 2.75) is 0 Å². The maximum absolute atomic E-state index is 13.6. The van der Waals surface area contributed by atoms with Crippen LogP contribution in [0, 0.1) is 5.82 Å². The van der Waals surface area contributed by atoms with Crippen LogP contribution in [0.1, 0.15) is 10.4 Å². The molecule has 1 aromatic carbocycles. The third-order valence-corrected chi connectivity index (χ3v) is 2.70. The van der Waals surface area contributed by atoms with Crippen LogP contribution in [-0.2, 0) is 0 Å². The fraction of sp³-hybridized carbons (Fsp3) is 0. The minimum Gasteiger partial charge on any atom is -0.319 e. The van der Waals surface area contributed by atoms with Crippen molar-refractivity contribution < 1.29 is 9.18 Å². The fourth-order valence-corrected chi connectivity index (χ4v) is 1.59. The summed E-state index contributed by atoms with van der Waals surface area (Å²) >= 11 is 11.2. The number of aromatic nitrogens is 1. The molecule has 0 unspecified atom stereocenters. The number of benzene rings is 1. The van der Waals surface area contributed by atoms with Crippen molar-refractivity contribution in [3.8, 4) is 0 Å². The molecular formula is C12H7Cl2FN2O. The van der Waals surface area contributed by atoms with Gasteiger partial charge in [0.2, 0.25) is 0 Å². The lowest BCUT2D eigenvalue weighted by atomic mass is 10.2. The average molecular weight is 285 g/mol. The van der Waals surface area contributed by atoms with E-state index < -0.39 is 11.7 Å². The SMILES string of the molecule is O=C(Nc1cccc(Cl)c1F)c1ccc(Cl)nc1. The Morgan fingerprint density at radius 2 is 2.00 bits per heavy atom. The highest BCUT2D eigenvalue weighted by atomic mass is 35.5. The maximum Gasteiger partial charge on any atom is 0.257 e. The number of rotatable bonds is 2. The zero-order valence-corrected chi connectivity index (χ0v) is 10.5. The molecule has 0 atom stereocenters. The number of halogens is 3. The number of hydrogen-bond donors (Lipinski definition) is 1. The Labute approximate surface area is 113 Å². The second-order valence-corrected chi connectivity index (χ2v) is 4.22. The predicted octanol–water partition coefficient (Wildman–Crippen LogP) is 3.78. The maximum atomic E-state index is 13.6. The van der Waals surface area contributed by atoms with Crippen molar-refractivity contribution in [2.75, 3.05) is 5.32 Å². The molecule has 0 saturated heterocycles. The number of amides is 1. The van der Waals surface area contributed by atoms with Crippen LogP contribution in [0.25, 0.3) is 0 Å². The Bertz CT molecular complexity index is 587. The molecule has 92 valence electrons. The van der Waals surface area contributed by atoms with Crippen molar-refractivity contribution >= 4 is 34.8 Å². The van der Waals surface area contributed by atoms with Gasteiger partial charge in [0.05, 0.1) is 16.3 Å². The number of hydrogen-bond acceptors (Lipinski definition) is 2. The number of carbonyl (C=O) groups is 1. The number of nitrogens with zero attached hydrogens (tertiary/aromatic N) is 1. The molecule has 0 spiro atoms. The summed E-state index contributed by atoms with van der Waals surface area (Å²) in [5, 5.41) is 2.63. The standard InChI is InChI=1S/C12H7Cl2FN2O/c13-8-2-1-3-9(11(8)15)17-12(18)7-4-5-10(14)16-6-7/h1-6H,(H,17,18). The summed E-state index contributed by atoms with van der Waals surface area (Å²) in [5.74, 6) is -1.16. The minimum atomic E-state index is -0.672. The first kappa shape index (κ1) is 12.8. The van der Waals surface area contributed by atoms with Gasteiger partial charge in [-0.05, 0) is 24.3 Å². The summed E-state index contributed by atoms with van der Waals surface area (Å²) in [6, 6.07) is 7.33. The first-order valence-corrected chi connectivity index (χ1v) is 5.70. The van der Waals surface area contributed by atoms with Crippen LogP contribution < -0.4 is 5.32 Å². The molecule has 0 aliphatic rings. The predicted molar refractivity (Wildman–Crippen MR) is 68.6 cm³/mol.